The van der Waals surface area contributed by atoms with E-state index in [1.807, 2.05) is 26.8 Å². The first kappa shape index (κ1) is 14.6. The molecule has 110 valence electrons. The molecule has 0 unspecified atom stereocenters. The molecule has 6 heteroatoms. The number of aryl methyl sites for hydroxylation is 1. The van der Waals surface area contributed by atoms with Gasteiger partial charge in [-0.1, -0.05) is 0 Å². The summed E-state index contributed by atoms with van der Waals surface area (Å²) in [6.07, 6.45) is 1.34. The highest BCUT2D eigenvalue weighted by molar-refractivity contribution is 5.70. The fraction of sp³-hybridized carbons (Fsp3) is 0.643. The summed E-state index contributed by atoms with van der Waals surface area (Å²) in [7, 11) is 0. The third-order valence-corrected chi connectivity index (χ3v) is 3.43. The highest BCUT2D eigenvalue weighted by atomic mass is 16.4. The molecule has 1 aliphatic rings. The smallest absolute Gasteiger partial charge is 0.306 e. The van der Waals surface area contributed by atoms with Gasteiger partial charge in [0.15, 0.2) is 0 Å². The lowest BCUT2D eigenvalue weighted by atomic mass is 9.97. The average Bonchev–Trinajstić information content (AvgIpc) is 2.37. The van der Waals surface area contributed by atoms with Crippen LogP contribution in [-0.4, -0.2) is 40.2 Å². The van der Waals surface area contributed by atoms with Gasteiger partial charge < -0.3 is 15.3 Å². The van der Waals surface area contributed by atoms with Crippen molar-refractivity contribution in [2.45, 2.75) is 39.7 Å². The normalized spacial score (nSPS) is 16.5. The summed E-state index contributed by atoms with van der Waals surface area (Å²) in [5.41, 5.74) is 0.915. The van der Waals surface area contributed by atoms with Crippen molar-refractivity contribution in [1.29, 1.82) is 0 Å². The zero-order valence-corrected chi connectivity index (χ0v) is 12.3. The van der Waals surface area contributed by atoms with E-state index in [1.165, 1.54) is 0 Å². The van der Waals surface area contributed by atoms with E-state index in [2.05, 4.69) is 20.2 Å². The van der Waals surface area contributed by atoms with Crippen molar-refractivity contribution in [3.8, 4) is 0 Å². The maximum absolute atomic E-state index is 11.0. The van der Waals surface area contributed by atoms with E-state index in [0.29, 0.717) is 18.8 Å². The SMILES string of the molecule is Cc1cc(N2CCC(C(=O)O)CC2)nc(NC(C)C)n1. The van der Waals surface area contributed by atoms with Crippen LogP contribution < -0.4 is 10.2 Å². The number of rotatable bonds is 4. The van der Waals surface area contributed by atoms with Crippen LogP contribution in [0.1, 0.15) is 32.4 Å². The monoisotopic (exact) mass is 278 g/mol. The van der Waals surface area contributed by atoms with Crippen molar-refractivity contribution >= 4 is 17.7 Å². The molecular weight excluding hydrogens is 256 g/mol. The van der Waals surface area contributed by atoms with E-state index in [9.17, 15) is 4.79 Å². The molecule has 1 fully saturated rings. The van der Waals surface area contributed by atoms with Gasteiger partial charge in [-0.3, -0.25) is 4.79 Å². The predicted molar refractivity (Wildman–Crippen MR) is 78.1 cm³/mol. The number of aliphatic carboxylic acids is 1. The maximum Gasteiger partial charge on any atom is 0.306 e. The Hall–Kier alpha value is -1.85. The van der Waals surface area contributed by atoms with Crippen molar-refractivity contribution in [3.63, 3.8) is 0 Å². The number of aromatic nitrogens is 2. The number of hydrogen-bond acceptors (Lipinski definition) is 5. The Morgan fingerprint density at radius 2 is 2.05 bits per heavy atom. The van der Waals surface area contributed by atoms with Gasteiger partial charge in [-0.15, -0.1) is 0 Å². The van der Waals surface area contributed by atoms with Gasteiger partial charge in [-0.2, -0.15) is 4.98 Å². The van der Waals surface area contributed by atoms with Crippen molar-refractivity contribution in [2.75, 3.05) is 23.3 Å². The molecule has 2 rings (SSSR count). The van der Waals surface area contributed by atoms with E-state index in [0.717, 1.165) is 24.6 Å². The number of hydrogen-bond donors (Lipinski definition) is 2. The predicted octanol–water partition coefficient (Wildman–Crippen LogP) is 1.91. The van der Waals surface area contributed by atoms with Crippen LogP contribution in [0, 0.1) is 12.8 Å². The molecule has 20 heavy (non-hydrogen) atoms. The lowest BCUT2D eigenvalue weighted by Gasteiger charge is -2.31. The number of carbonyl (C=O) groups is 1. The average molecular weight is 278 g/mol. The zero-order valence-electron chi connectivity index (χ0n) is 12.3. The topological polar surface area (TPSA) is 78.4 Å². The number of anilines is 2. The maximum atomic E-state index is 11.0. The Labute approximate surface area is 119 Å². The second-order valence-corrected chi connectivity index (χ2v) is 5.59. The molecule has 0 amide bonds. The van der Waals surface area contributed by atoms with E-state index >= 15 is 0 Å². The third kappa shape index (κ3) is 3.59. The minimum absolute atomic E-state index is 0.220. The number of nitrogens with one attached hydrogen (secondary N) is 1. The summed E-state index contributed by atoms with van der Waals surface area (Å²) in [5, 5.41) is 12.2. The third-order valence-electron chi connectivity index (χ3n) is 3.43. The van der Waals surface area contributed by atoms with Gasteiger partial charge in [-0.05, 0) is 33.6 Å². The highest BCUT2D eigenvalue weighted by Gasteiger charge is 2.25. The second kappa shape index (κ2) is 6.07. The lowest BCUT2D eigenvalue weighted by Crippen LogP contribution is -2.37. The standard InChI is InChI=1S/C14H22N4O2/c1-9(2)15-14-16-10(3)8-12(17-14)18-6-4-11(5-7-18)13(19)20/h8-9,11H,4-7H2,1-3H3,(H,19,20)(H,15,16,17). The van der Waals surface area contributed by atoms with Crippen molar-refractivity contribution in [2.24, 2.45) is 5.92 Å². The fourth-order valence-electron chi connectivity index (χ4n) is 2.39. The molecule has 1 saturated heterocycles. The molecule has 0 atom stereocenters. The van der Waals surface area contributed by atoms with Gasteiger partial charge in [-0.25, -0.2) is 4.98 Å². The Balaban J connectivity index is 2.09. The molecule has 0 aliphatic carbocycles. The Morgan fingerprint density at radius 1 is 1.40 bits per heavy atom. The number of carboxylic acid groups (broad SMARTS) is 1. The van der Waals surface area contributed by atoms with Crippen LogP contribution in [0.4, 0.5) is 11.8 Å². The van der Waals surface area contributed by atoms with Crippen molar-refractivity contribution in [1.82, 2.24) is 9.97 Å². The summed E-state index contributed by atoms with van der Waals surface area (Å²) < 4.78 is 0. The molecule has 1 aromatic rings. The molecule has 2 N–H and O–H groups in total. The van der Waals surface area contributed by atoms with Gasteiger partial charge in [0.2, 0.25) is 5.95 Å². The first-order valence-corrected chi connectivity index (χ1v) is 7.05. The first-order valence-electron chi connectivity index (χ1n) is 7.05. The summed E-state index contributed by atoms with van der Waals surface area (Å²) in [6.45, 7) is 7.50. The largest absolute Gasteiger partial charge is 0.481 e. The van der Waals surface area contributed by atoms with Crippen LogP contribution in [-0.2, 0) is 4.79 Å². The van der Waals surface area contributed by atoms with Crippen LogP contribution in [0.2, 0.25) is 0 Å². The Kier molecular flexibility index (Phi) is 4.42. The number of piperidine rings is 1. The Bertz CT molecular complexity index is 482. The van der Waals surface area contributed by atoms with Crippen molar-refractivity contribution < 1.29 is 9.90 Å². The highest BCUT2D eigenvalue weighted by Crippen LogP contribution is 2.23. The molecule has 1 aromatic heterocycles. The van der Waals surface area contributed by atoms with Crippen molar-refractivity contribution in [3.05, 3.63) is 11.8 Å². The van der Waals surface area contributed by atoms with Gasteiger partial charge in [0.25, 0.3) is 0 Å². The molecule has 0 aromatic carbocycles. The minimum atomic E-state index is -0.689. The lowest BCUT2D eigenvalue weighted by molar-refractivity contribution is -0.142. The van der Waals surface area contributed by atoms with Crippen LogP contribution in [0.15, 0.2) is 6.07 Å². The summed E-state index contributed by atoms with van der Waals surface area (Å²) >= 11 is 0. The van der Waals surface area contributed by atoms with E-state index in [1.54, 1.807) is 0 Å². The van der Waals surface area contributed by atoms with Gasteiger partial charge in [0, 0.05) is 30.9 Å². The molecule has 0 saturated carbocycles. The molecule has 0 bridgehead atoms. The molecule has 6 nitrogen and oxygen atoms in total. The van der Waals surface area contributed by atoms with Gasteiger partial charge in [0.1, 0.15) is 5.82 Å². The van der Waals surface area contributed by atoms with Gasteiger partial charge >= 0.3 is 5.97 Å². The second-order valence-electron chi connectivity index (χ2n) is 5.59. The number of carboxylic acids is 1. The fourth-order valence-corrected chi connectivity index (χ4v) is 2.39. The van der Waals surface area contributed by atoms with E-state index in [4.69, 9.17) is 5.11 Å². The minimum Gasteiger partial charge on any atom is -0.481 e. The van der Waals surface area contributed by atoms with E-state index < -0.39 is 5.97 Å². The molecule has 2 heterocycles. The molecular formula is C14H22N4O2. The molecule has 0 spiro atoms. The molecule has 1 aliphatic heterocycles. The summed E-state index contributed by atoms with van der Waals surface area (Å²) in [6, 6.07) is 2.23. The van der Waals surface area contributed by atoms with Crippen LogP contribution in [0.3, 0.4) is 0 Å². The quantitative estimate of drug-likeness (QED) is 0.876. The van der Waals surface area contributed by atoms with Crippen LogP contribution in [0.5, 0.6) is 0 Å². The summed E-state index contributed by atoms with van der Waals surface area (Å²) in [4.78, 5) is 22.0. The van der Waals surface area contributed by atoms with Crippen LogP contribution >= 0.6 is 0 Å². The molecule has 0 radical (unpaired) electrons. The summed E-state index contributed by atoms with van der Waals surface area (Å²) in [5.74, 6) is 0.605. The van der Waals surface area contributed by atoms with Crippen LogP contribution in [0.25, 0.3) is 0 Å². The number of nitrogens with zero attached hydrogens (tertiary/aromatic N) is 3. The van der Waals surface area contributed by atoms with E-state index in [-0.39, 0.29) is 12.0 Å². The zero-order chi connectivity index (χ0) is 14.7. The Morgan fingerprint density at radius 3 is 2.60 bits per heavy atom. The first-order chi connectivity index (χ1) is 9.45. The van der Waals surface area contributed by atoms with Gasteiger partial charge in [0.05, 0.1) is 5.92 Å².